The Hall–Kier alpha value is -3.79. The molecule has 1 aliphatic rings. The zero-order valence-corrected chi connectivity index (χ0v) is 20.9. The zero-order chi connectivity index (χ0) is 29.2. The van der Waals surface area contributed by atoms with Gasteiger partial charge in [-0.05, 0) is 36.9 Å². The first-order valence-corrected chi connectivity index (χ1v) is 12.2. The third-order valence-electron chi connectivity index (χ3n) is 6.63. The molecular weight excluding hydrogens is 555 g/mol. The molecule has 3 heterocycles. The van der Waals surface area contributed by atoms with Gasteiger partial charge in [0.15, 0.2) is 11.3 Å². The maximum Gasteiger partial charge on any atom is 0.389 e. The van der Waals surface area contributed by atoms with Gasteiger partial charge in [-0.15, -0.1) is 0 Å². The number of rotatable bonds is 9. The highest BCUT2D eigenvalue weighted by molar-refractivity contribution is 5.93. The third kappa shape index (κ3) is 7.04. The molecule has 0 unspecified atom stereocenters. The Morgan fingerprint density at radius 1 is 1.18 bits per heavy atom. The summed E-state index contributed by atoms with van der Waals surface area (Å²) in [5.74, 6) is -5.22. The van der Waals surface area contributed by atoms with Crippen molar-refractivity contribution in [2.24, 2.45) is 5.92 Å². The monoisotopic (exact) mass is 579 g/mol. The summed E-state index contributed by atoms with van der Waals surface area (Å²) >= 11 is 0. The van der Waals surface area contributed by atoms with E-state index in [1.165, 1.54) is 17.6 Å². The molecule has 0 aliphatic heterocycles. The highest BCUT2D eigenvalue weighted by Gasteiger charge is 2.40. The summed E-state index contributed by atoms with van der Waals surface area (Å²) in [7, 11) is 0. The number of nitrogens with one attached hydrogen (secondary N) is 2. The van der Waals surface area contributed by atoms with Crippen LogP contribution < -0.4 is 10.6 Å². The predicted molar refractivity (Wildman–Crippen MR) is 121 cm³/mol. The van der Waals surface area contributed by atoms with Gasteiger partial charge in [0, 0.05) is 24.8 Å². The van der Waals surface area contributed by atoms with E-state index in [2.05, 4.69) is 30.3 Å². The topological polar surface area (TPSA) is 127 Å². The fourth-order valence-electron chi connectivity index (χ4n) is 4.50. The van der Waals surface area contributed by atoms with Crippen LogP contribution in [0.3, 0.4) is 0 Å². The van der Waals surface area contributed by atoms with Gasteiger partial charge in [0.25, 0.3) is 12.3 Å². The highest BCUT2D eigenvalue weighted by atomic mass is 19.4. The molecule has 17 heteroatoms. The summed E-state index contributed by atoms with van der Waals surface area (Å²) in [5.41, 5.74) is 0.0779. The summed E-state index contributed by atoms with van der Waals surface area (Å²) in [6, 6.07) is -1.69. The quantitative estimate of drug-likeness (QED) is 0.358. The minimum absolute atomic E-state index is 0.0161. The number of imidazole rings is 1. The Bertz CT molecular complexity index is 1350. The number of aromatic nitrogens is 5. The summed E-state index contributed by atoms with van der Waals surface area (Å²) < 4.78 is 98.1. The summed E-state index contributed by atoms with van der Waals surface area (Å²) in [5, 5.41) is 15.7. The molecule has 2 atom stereocenters. The van der Waals surface area contributed by atoms with Gasteiger partial charge in [-0.2, -0.15) is 18.3 Å². The van der Waals surface area contributed by atoms with E-state index in [-0.39, 0.29) is 41.1 Å². The lowest BCUT2D eigenvalue weighted by atomic mass is 9.81. The molecule has 0 aromatic carbocycles. The number of nitrogens with zero attached hydrogens (tertiary/aromatic N) is 5. The molecule has 0 radical (unpaired) electrons. The Labute approximate surface area is 221 Å². The van der Waals surface area contributed by atoms with Crippen LogP contribution in [0, 0.1) is 12.8 Å². The van der Waals surface area contributed by atoms with E-state index < -0.39 is 74.0 Å². The fraction of sp³-hybridized carbons (Fsp3) is 0.565. The molecule has 218 valence electrons. The van der Waals surface area contributed by atoms with Gasteiger partial charge in [0.1, 0.15) is 11.7 Å². The average molecular weight is 579 g/mol. The fourth-order valence-corrected chi connectivity index (χ4v) is 4.50. The van der Waals surface area contributed by atoms with Crippen LogP contribution >= 0.6 is 0 Å². The van der Waals surface area contributed by atoms with Crippen LogP contribution in [0.2, 0.25) is 0 Å². The minimum Gasteiger partial charge on any atom is -0.344 e. The standard InChI is InChI=1S/C23H24F7N7O3/c1-11-17(36-40-35-11)21(39)34-18(12-2-5-22(26,27)6-3-12)14-10-37-15(32-14)8-13(9-31-37)19(20(24)25)33-16(38)4-7-23(28,29)30/h8-10,12,18-20H,2-7H2,1H3,(H,33,38)(H,34,39)/t18-,19+/m0/s1. The number of carbonyl (C=O) groups is 2. The van der Waals surface area contributed by atoms with Gasteiger partial charge in [-0.25, -0.2) is 31.7 Å². The molecule has 2 N–H and O–H groups in total. The lowest BCUT2D eigenvalue weighted by Crippen LogP contribution is -2.37. The molecular formula is C23H24F7N7O3. The Morgan fingerprint density at radius 3 is 2.48 bits per heavy atom. The molecule has 3 aromatic heterocycles. The second kappa shape index (κ2) is 11.4. The molecule has 40 heavy (non-hydrogen) atoms. The SMILES string of the molecule is Cc1nonc1C(=O)N[C@H](c1cn2ncc([C@@H](NC(=O)CCC(F)(F)F)C(F)F)cc2n1)C1CCC(F)(F)CC1. The van der Waals surface area contributed by atoms with Crippen LogP contribution in [-0.4, -0.2) is 55.3 Å². The van der Waals surface area contributed by atoms with Crippen LogP contribution in [0.4, 0.5) is 30.7 Å². The van der Waals surface area contributed by atoms with Gasteiger partial charge in [-0.3, -0.25) is 9.59 Å². The van der Waals surface area contributed by atoms with Crippen molar-refractivity contribution in [1.82, 2.24) is 35.5 Å². The molecule has 4 rings (SSSR count). The van der Waals surface area contributed by atoms with Crippen LogP contribution in [-0.2, 0) is 4.79 Å². The lowest BCUT2D eigenvalue weighted by molar-refractivity contribution is -0.144. The number of halogens is 7. The smallest absolute Gasteiger partial charge is 0.344 e. The van der Waals surface area contributed by atoms with Crippen molar-refractivity contribution >= 4 is 17.5 Å². The number of hydrogen-bond donors (Lipinski definition) is 2. The van der Waals surface area contributed by atoms with E-state index in [0.717, 1.165) is 12.3 Å². The summed E-state index contributed by atoms with van der Waals surface area (Å²) in [6.07, 6.45) is -8.63. The van der Waals surface area contributed by atoms with E-state index in [1.807, 2.05) is 5.32 Å². The molecule has 0 bridgehead atoms. The van der Waals surface area contributed by atoms with Crippen molar-refractivity contribution in [1.29, 1.82) is 0 Å². The minimum atomic E-state index is -4.63. The molecule has 2 amide bonds. The second-order valence-corrected chi connectivity index (χ2v) is 9.60. The van der Waals surface area contributed by atoms with Crippen molar-refractivity contribution in [3.05, 3.63) is 41.1 Å². The number of aryl methyl sites for hydroxylation is 1. The largest absolute Gasteiger partial charge is 0.389 e. The van der Waals surface area contributed by atoms with Gasteiger partial charge in [0.2, 0.25) is 11.8 Å². The predicted octanol–water partition coefficient (Wildman–Crippen LogP) is 4.48. The number of amides is 2. The van der Waals surface area contributed by atoms with Crippen molar-refractivity contribution in [3.8, 4) is 0 Å². The zero-order valence-electron chi connectivity index (χ0n) is 20.9. The van der Waals surface area contributed by atoms with Gasteiger partial charge in [-0.1, -0.05) is 5.16 Å². The molecule has 10 nitrogen and oxygen atoms in total. The first-order chi connectivity index (χ1) is 18.7. The number of carbonyl (C=O) groups excluding carboxylic acids is 2. The molecule has 3 aromatic rings. The van der Waals surface area contributed by atoms with E-state index >= 15 is 0 Å². The average Bonchev–Trinajstić information content (AvgIpc) is 3.49. The molecule has 0 saturated heterocycles. The number of alkyl halides is 7. The Balaban J connectivity index is 1.60. The molecule has 0 spiro atoms. The van der Waals surface area contributed by atoms with Gasteiger partial charge >= 0.3 is 6.18 Å². The maximum absolute atomic E-state index is 13.8. The van der Waals surface area contributed by atoms with Crippen molar-refractivity contribution in [2.75, 3.05) is 0 Å². The Kier molecular flexibility index (Phi) is 8.30. The number of hydrogen-bond acceptors (Lipinski definition) is 7. The van der Waals surface area contributed by atoms with Crippen molar-refractivity contribution < 1.29 is 45.0 Å². The van der Waals surface area contributed by atoms with E-state index in [9.17, 15) is 40.3 Å². The first kappa shape index (κ1) is 29.2. The normalized spacial score (nSPS) is 17.6. The molecule has 1 aliphatic carbocycles. The van der Waals surface area contributed by atoms with Crippen molar-refractivity contribution in [2.45, 2.75) is 76.1 Å². The van der Waals surface area contributed by atoms with Crippen LogP contribution in [0.15, 0.2) is 23.1 Å². The number of fused-ring (bicyclic) bond motifs is 1. The lowest BCUT2D eigenvalue weighted by Gasteiger charge is -2.33. The molecule has 1 fully saturated rings. The summed E-state index contributed by atoms with van der Waals surface area (Å²) in [4.78, 5) is 29.1. The first-order valence-electron chi connectivity index (χ1n) is 12.2. The van der Waals surface area contributed by atoms with Crippen LogP contribution in [0.5, 0.6) is 0 Å². The van der Waals surface area contributed by atoms with Gasteiger partial charge < -0.3 is 10.6 Å². The van der Waals surface area contributed by atoms with Gasteiger partial charge in [0.05, 0.1) is 30.6 Å². The van der Waals surface area contributed by atoms with Crippen molar-refractivity contribution in [3.63, 3.8) is 0 Å². The highest BCUT2D eigenvalue weighted by Crippen LogP contribution is 2.41. The van der Waals surface area contributed by atoms with Crippen LogP contribution in [0.1, 0.15) is 78.0 Å². The van der Waals surface area contributed by atoms with E-state index in [1.54, 1.807) is 0 Å². The second-order valence-electron chi connectivity index (χ2n) is 9.60. The molecule has 1 saturated carbocycles. The third-order valence-corrected chi connectivity index (χ3v) is 6.63. The summed E-state index contributed by atoms with van der Waals surface area (Å²) in [6.45, 7) is 1.49. The van der Waals surface area contributed by atoms with E-state index in [0.29, 0.717) is 0 Å². The maximum atomic E-state index is 13.8. The van der Waals surface area contributed by atoms with Crippen LogP contribution in [0.25, 0.3) is 5.65 Å². The van der Waals surface area contributed by atoms with E-state index in [4.69, 9.17) is 0 Å². The Morgan fingerprint density at radius 2 is 1.88 bits per heavy atom.